The lowest BCUT2D eigenvalue weighted by Gasteiger charge is -2.24. The first-order valence-electron chi connectivity index (χ1n) is 9.32. The second-order valence-corrected chi connectivity index (χ2v) is 8.63. The molecule has 2 aromatic carbocycles. The van der Waals surface area contributed by atoms with Crippen molar-refractivity contribution in [1.29, 1.82) is 0 Å². The average molecular weight is 387 g/mol. The van der Waals surface area contributed by atoms with Gasteiger partial charge in [-0.05, 0) is 38.0 Å². The Bertz CT molecular complexity index is 1010. The number of hydrogen-bond acceptors (Lipinski definition) is 4. The van der Waals surface area contributed by atoms with E-state index in [9.17, 15) is 8.42 Å². The number of aromatic nitrogens is 2. The minimum atomic E-state index is -4.03. The third-order valence-electron chi connectivity index (χ3n) is 4.62. The first-order valence-corrected chi connectivity index (χ1v) is 10.7. The zero-order chi connectivity index (χ0) is 19.5. The second-order valence-electron chi connectivity index (χ2n) is 7.17. The van der Waals surface area contributed by atoms with E-state index in [2.05, 4.69) is 12.0 Å². The number of nitrogens with zero attached hydrogens (tertiary/aromatic N) is 2. The normalized spacial score (nSPS) is 12.6. The molecule has 0 bridgehead atoms. The molecule has 0 aliphatic carbocycles. The van der Waals surface area contributed by atoms with Crippen LogP contribution in [0.5, 0.6) is 0 Å². The van der Waals surface area contributed by atoms with Gasteiger partial charge in [-0.25, -0.2) is 0 Å². The van der Waals surface area contributed by atoms with E-state index in [1.54, 1.807) is 24.6 Å². The smallest absolute Gasteiger partial charge is 0.263 e. The van der Waals surface area contributed by atoms with Crippen LogP contribution in [0.1, 0.15) is 45.6 Å². The molecule has 27 heavy (non-hydrogen) atoms. The highest BCUT2D eigenvalue weighted by Gasteiger charge is 2.33. The molecule has 0 atom stereocenters. The predicted octanol–water partition coefficient (Wildman–Crippen LogP) is 4.87. The van der Waals surface area contributed by atoms with Crippen LogP contribution < -0.4 is 0 Å². The van der Waals surface area contributed by atoms with Crippen LogP contribution in [0, 0.1) is 0 Å². The summed E-state index contributed by atoms with van der Waals surface area (Å²) in [6, 6.07) is 16.7. The second kappa shape index (κ2) is 7.82. The van der Waals surface area contributed by atoms with E-state index < -0.39 is 15.7 Å². The maximum absolute atomic E-state index is 13.1. The van der Waals surface area contributed by atoms with Crippen molar-refractivity contribution in [1.82, 2.24) is 9.78 Å². The van der Waals surface area contributed by atoms with Crippen molar-refractivity contribution < 1.29 is 12.6 Å². The fourth-order valence-electron chi connectivity index (χ4n) is 3.17. The van der Waals surface area contributed by atoms with Crippen LogP contribution in [-0.4, -0.2) is 18.2 Å². The number of fused-ring (bicyclic) bond motifs is 1. The molecule has 3 aromatic rings. The third kappa shape index (κ3) is 4.22. The zero-order valence-corrected chi connectivity index (χ0v) is 16.9. The lowest BCUT2D eigenvalue weighted by atomic mass is 9.99. The third-order valence-corrected chi connectivity index (χ3v) is 6.03. The maximum Gasteiger partial charge on any atom is 0.317 e. The van der Waals surface area contributed by atoms with Gasteiger partial charge in [0, 0.05) is 11.9 Å². The van der Waals surface area contributed by atoms with Gasteiger partial charge >= 0.3 is 10.1 Å². The van der Waals surface area contributed by atoms with Crippen LogP contribution >= 0.6 is 0 Å². The largest absolute Gasteiger partial charge is 0.317 e. The Morgan fingerprint density at radius 2 is 1.67 bits per heavy atom. The van der Waals surface area contributed by atoms with Gasteiger partial charge in [-0.15, -0.1) is 0 Å². The van der Waals surface area contributed by atoms with E-state index in [4.69, 9.17) is 4.18 Å². The van der Waals surface area contributed by atoms with Crippen molar-refractivity contribution >= 4 is 21.0 Å². The molecule has 0 saturated heterocycles. The van der Waals surface area contributed by atoms with Gasteiger partial charge in [0.15, 0.2) is 0 Å². The Hall–Kier alpha value is -2.18. The summed E-state index contributed by atoms with van der Waals surface area (Å²) in [5, 5.41) is 4.99. The molecular formula is C21H26N2O3S. The zero-order valence-electron chi connectivity index (χ0n) is 16.1. The molecule has 1 heterocycles. The van der Waals surface area contributed by atoms with Crippen LogP contribution in [-0.2, 0) is 26.4 Å². The van der Waals surface area contributed by atoms with Crippen LogP contribution in [0.2, 0.25) is 0 Å². The highest BCUT2D eigenvalue weighted by atomic mass is 32.2. The highest BCUT2D eigenvalue weighted by molar-refractivity contribution is 7.87. The summed E-state index contributed by atoms with van der Waals surface area (Å²) in [7, 11) is -4.03. The summed E-state index contributed by atoms with van der Waals surface area (Å²) in [5.41, 5.74) is 0.612. The summed E-state index contributed by atoms with van der Waals surface area (Å²) >= 11 is 0. The fraction of sp³-hybridized carbons (Fsp3) is 0.381. The Balaban J connectivity index is 1.98. The van der Waals surface area contributed by atoms with Crippen molar-refractivity contribution in [2.45, 2.75) is 57.2 Å². The summed E-state index contributed by atoms with van der Waals surface area (Å²) < 4.78 is 33.6. The first-order chi connectivity index (χ1) is 12.8. The molecule has 0 spiro atoms. The lowest BCUT2D eigenvalue weighted by Crippen LogP contribution is -2.26. The maximum atomic E-state index is 13.1. The number of benzene rings is 2. The molecule has 0 aliphatic heterocycles. The van der Waals surface area contributed by atoms with Crippen LogP contribution in [0.25, 0.3) is 10.9 Å². The number of rotatable bonds is 8. The topological polar surface area (TPSA) is 61.2 Å². The number of hydrogen-bond donors (Lipinski definition) is 0. The Kier molecular flexibility index (Phi) is 5.67. The van der Waals surface area contributed by atoms with Gasteiger partial charge in [0.2, 0.25) is 5.03 Å². The lowest BCUT2D eigenvalue weighted by molar-refractivity contribution is 0.117. The van der Waals surface area contributed by atoms with E-state index in [1.165, 1.54) is 0 Å². The Morgan fingerprint density at radius 1 is 1.00 bits per heavy atom. The van der Waals surface area contributed by atoms with Gasteiger partial charge in [-0.2, -0.15) is 13.5 Å². The Labute approximate surface area is 161 Å². The molecule has 0 unspecified atom stereocenters. The van der Waals surface area contributed by atoms with Gasteiger partial charge in [-0.1, -0.05) is 62.2 Å². The van der Waals surface area contributed by atoms with Crippen molar-refractivity contribution in [2.24, 2.45) is 0 Å². The molecule has 6 heteroatoms. The monoisotopic (exact) mass is 386 g/mol. The van der Waals surface area contributed by atoms with E-state index in [0.29, 0.717) is 11.9 Å². The summed E-state index contributed by atoms with van der Waals surface area (Å²) in [5.74, 6) is 0. The van der Waals surface area contributed by atoms with Crippen molar-refractivity contribution in [3.05, 3.63) is 60.2 Å². The number of para-hydroxylation sites is 1. The average Bonchev–Trinajstić information content (AvgIpc) is 3.02. The van der Waals surface area contributed by atoms with E-state index in [0.717, 1.165) is 30.3 Å². The minimum absolute atomic E-state index is 0.0152. The van der Waals surface area contributed by atoms with Crippen LogP contribution in [0.3, 0.4) is 0 Å². The predicted molar refractivity (Wildman–Crippen MR) is 107 cm³/mol. The molecular weight excluding hydrogens is 360 g/mol. The number of aryl methyl sites for hydroxylation is 1. The molecule has 0 radical (unpaired) electrons. The standard InChI is InChI=1S/C21H26N2O3S/c1-4-5-11-16-23-19-15-10-9-14-18(19)20(22-23)27(24,25)26-21(2,3)17-12-7-6-8-13-17/h6-10,12-15H,4-5,11,16H2,1-3H3. The summed E-state index contributed by atoms with van der Waals surface area (Å²) in [6.45, 7) is 6.32. The Morgan fingerprint density at radius 3 is 2.37 bits per heavy atom. The quantitative estimate of drug-likeness (QED) is 0.409. The van der Waals surface area contributed by atoms with E-state index in [-0.39, 0.29) is 5.03 Å². The first kappa shape index (κ1) is 19.6. The van der Waals surface area contributed by atoms with Crippen molar-refractivity contribution in [3.8, 4) is 0 Å². The molecule has 3 rings (SSSR count). The van der Waals surface area contributed by atoms with Gasteiger partial charge in [0.05, 0.1) is 5.52 Å². The molecule has 0 fully saturated rings. The molecule has 0 aliphatic rings. The molecule has 0 N–H and O–H groups in total. The molecule has 5 nitrogen and oxygen atoms in total. The molecule has 0 amide bonds. The minimum Gasteiger partial charge on any atom is -0.263 e. The van der Waals surface area contributed by atoms with Gasteiger partial charge in [-0.3, -0.25) is 8.86 Å². The van der Waals surface area contributed by atoms with Crippen molar-refractivity contribution in [2.75, 3.05) is 0 Å². The van der Waals surface area contributed by atoms with E-state index >= 15 is 0 Å². The SMILES string of the molecule is CCCCCn1nc(S(=O)(=O)OC(C)(C)c2ccccc2)c2ccccc21. The van der Waals surface area contributed by atoms with Crippen LogP contribution in [0.15, 0.2) is 59.6 Å². The van der Waals surface area contributed by atoms with Crippen LogP contribution in [0.4, 0.5) is 0 Å². The summed E-state index contributed by atoms with van der Waals surface area (Å²) in [4.78, 5) is 0. The van der Waals surface area contributed by atoms with Gasteiger partial charge in [0.25, 0.3) is 0 Å². The fourth-order valence-corrected chi connectivity index (χ4v) is 4.53. The van der Waals surface area contributed by atoms with Gasteiger partial charge < -0.3 is 0 Å². The van der Waals surface area contributed by atoms with Crippen molar-refractivity contribution in [3.63, 3.8) is 0 Å². The molecule has 0 saturated carbocycles. The van der Waals surface area contributed by atoms with Gasteiger partial charge in [0.1, 0.15) is 5.60 Å². The molecule has 1 aromatic heterocycles. The molecule has 144 valence electrons. The van der Waals surface area contributed by atoms with E-state index in [1.807, 2.05) is 48.5 Å². The highest BCUT2D eigenvalue weighted by Crippen LogP contribution is 2.32. The number of unbranched alkanes of at least 4 members (excludes halogenated alkanes) is 2. The summed E-state index contributed by atoms with van der Waals surface area (Å²) in [6.07, 6.45) is 3.13.